The molecule has 2 aromatic heterocycles. The maximum absolute atomic E-state index is 12.2. The van der Waals surface area contributed by atoms with Crippen molar-refractivity contribution in [3.05, 3.63) is 96.5 Å². The minimum absolute atomic E-state index is 0. The van der Waals surface area contributed by atoms with Gasteiger partial charge in [-0.25, -0.2) is 4.98 Å². The van der Waals surface area contributed by atoms with Crippen molar-refractivity contribution in [2.45, 2.75) is 87.0 Å². The fourth-order valence-corrected chi connectivity index (χ4v) is 6.16. The second-order valence-electron chi connectivity index (χ2n) is 13.4. The number of allylic oxidation sites excluding steroid dienone is 2. The van der Waals surface area contributed by atoms with Crippen molar-refractivity contribution in [1.29, 1.82) is 0 Å². The van der Waals surface area contributed by atoms with Crippen LogP contribution in [-0.4, -0.2) is 20.9 Å². The molecule has 1 radical (unpaired) electrons. The Kier molecular flexibility index (Phi) is 11.7. The van der Waals surface area contributed by atoms with Crippen LogP contribution in [0, 0.1) is 16.9 Å². The van der Waals surface area contributed by atoms with E-state index >= 15 is 0 Å². The van der Waals surface area contributed by atoms with Crippen LogP contribution in [0.4, 0.5) is 0 Å². The molecule has 1 N–H and O–H groups in total. The van der Waals surface area contributed by atoms with Gasteiger partial charge in [0, 0.05) is 53.5 Å². The normalized spacial score (nSPS) is 12.4. The van der Waals surface area contributed by atoms with Crippen LogP contribution in [0.1, 0.15) is 92.6 Å². The van der Waals surface area contributed by atoms with Crippen molar-refractivity contribution in [1.82, 2.24) is 9.97 Å². The van der Waals surface area contributed by atoms with Crippen molar-refractivity contribution in [3.63, 3.8) is 0 Å². The number of aromatic nitrogens is 2. The monoisotopic (exact) mass is 820 g/mol. The summed E-state index contributed by atoms with van der Waals surface area (Å²) in [4.78, 5) is 21.6. The first-order valence-electron chi connectivity index (χ1n) is 17.0. The topological polar surface area (TPSA) is 76.2 Å². The Hall–Kier alpha value is -3.86. The maximum Gasteiger partial charge on any atom is 0.164 e. The van der Waals surface area contributed by atoms with Crippen molar-refractivity contribution < 1.29 is 34.4 Å². The standard InChI is InChI=1S/C27H19N2O.C15H28O2.Ir/c1-16(2)18-9-5-7-17-13-14-21-25(28-15-29-26(21)24(17)18)22-11-6-10-20-19-8-3-4-12-23(19)30-27(20)22;1-7-14(5,8-2)12(16)11-13(17)15(6,9-3)10-4;/h3-10,12-16H,1-2H3;11,16H,7-10H2,1-6H3;/q-1;;/b;12-11-;. The number of fused-ring (bicyclic) bond motifs is 6. The number of carbonyl (C=O) groups is 1. The van der Waals surface area contributed by atoms with Gasteiger partial charge in [0.25, 0.3) is 0 Å². The van der Waals surface area contributed by atoms with E-state index in [4.69, 9.17) is 9.40 Å². The number of carbonyl (C=O) groups excluding carboxylic acids is 1. The number of hydrogen-bond acceptors (Lipinski definition) is 5. The summed E-state index contributed by atoms with van der Waals surface area (Å²) in [5.74, 6) is 0.692. The molecule has 0 aliphatic heterocycles. The zero-order chi connectivity index (χ0) is 33.9. The molecule has 6 heteroatoms. The predicted molar refractivity (Wildman–Crippen MR) is 196 cm³/mol. The largest absolute Gasteiger partial charge is 0.512 e. The van der Waals surface area contributed by atoms with Crippen LogP contribution in [0.3, 0.4) is 0 Å². The molecule has 0 atom stereocenters. The molecule has 2 heterocycles. The van der Waals surface area contributed by atoms with Gasteiger partial charge in [0.05, 0.1) is 11.1 Å². The Morgan fingerprint density at radius 2 is 1.54 bits per heavy atom. The molecular weight excluding hydrogens is 773 g/mol. The Morgan fingerprint density at radius 1 is 0.854 bits per heavy atom. The van der Waals surface area contributed by atoms with E-state index in [1.807, 2.05) is 65.8 Å². The van der Waals surface area contributed by atoms with Crippen molar-refractivity contribution >= 4 is 49.4 Å². The average molecular weight is 820 g/mol. The van der Waals surface area contributed by atoms with E-state index < -0.39 is 0 Å². The number of ketones is 1. The number of furan rings is 1. The zero-order valence-electron chi connectivity index (χ0n) is 29.4. The molecule has 0 amide bonds. The van der Waals surface area contributed by atoms with Crippen molar-refractivity contribution in [2.24, 2.45) is 10.8 Å². The molecule has 0 aliphatic carbocycles. The van der Waals surface area contributed by atoms with Gasteiger partial charge < -0.3 is 9.52 Å². The predicted octanol–water partition coefficient (Wildman–Crippen LogP) is 11.9. The average Bonchev–Trinajstić information content (AvgIpc) is 3.49. The molecule has 0 unspecified atom stereocenters. The molecule has 5 nitrogen and oxygen atoms in total. The van der Waals surface area contributed by atoms with E-state index in [-0.39, 0.29) is 42.5 Å². The summed E-state index contributed by atoms with van der Waals surface area (Å²) in [5, 5.41) is 15.7. The summed E-state index contributed by atoms with van der Waals surface area (Å²) < 4.78 is 6.24. The number of rotatable bonds is 9. The first-order chi connectivity index (χ1) is 22.5. The van der Waals surface area contributed by atoms with Crippen LogP contribution in [0.5, 0.6) is 0 Å². The fourth-order valence-electron chi connectivity index (χ4n) is 6.16. The van der Waals surface area contributed by atoms with E-state index in [0.29, 0.717) is 5.92 Å². The number of nitrogens with zero attached hydrogens (tertiary/aromatic N) is 2. The Balaban J connectivity index is 0.000000251. The summed E-state index contributed by atoms with van der Waals surface area (Å²) in [6.07, 6.45) is 6.41. The van der Waals surface area contributed by atoms with Crippen molar-refractivity contribution in [2.75, 3.05) is 0 Å². The summed E-state index contributed by atoms with van der Waals surface area (Å²) in [6, 6.07) is 26.2. The molecule has 48 heavy (non-hydrogen) atoms. The van der Waals surface area contributed by atoms with Crippen LogP contribution >= 0.6 is 0 Å². The number of aliphatic hydroxyl groups excluding tert-OH is 1. The van der Waals surface area contributed by atoms with E-state index in [0.717, 1.165) is 69.8 Å². The van der Waals surface area contributed by atoms with E-state index in [9.17, 15) is 9.90 Å². The smallest absolute Gasteiger partial charge is 0.164 e. The van der Waals surface area contributed by atoms with Gasteiger partial charge in [0.15, 0.2) is 5.78 Å². The summed E-state index contributed by atoms with van der Waals surface area (Å²) in [5.41, 5.74) is 5.09. The van der Waals surface area contributed by atoms with E-state index in [2.05, 4.69) is 67.4 Å². The maximum atomic E-state index is 12.2. The first-order valence-corrected chi connectivity index (χ1v) is 17.0. The quantitative estimate of drug-likeness (QED) is 0.0680. The molecule has 0 spiro atoms. The van der Waals surface area contributed by atoms with Gasteiger partial charge in [-0.2, -0.15) is 0 Å². The van der Waals surface area contributed by atoms with E-state index in [1.165, 1.54) is 22.4 Å². The Bertz CT molecular complexity index is 2080. The number of para-hydroxylation sites is 1. The molecule has 0 saturated heterocycles. The molecule has 6 aromatic rings. The summed E-state index contributed by atoms with van der Waals surface area (Å²) in [6.45, 7) is 16.5. The molecule has 0 bridgehead atoms. The van der Waals surface area contributed by atoms with Gasteiger partial charge in [0.2, 0.25) is 0 Å². The zero-order valence-corrected chi connectivity index (χ0v) is 31.8. The van der Waals surface area contributed by atoms with E-state index in [1.54, 1.807) is 6.33 Å². The fraction of sp³-hybridized carbons (Fsp3) is 0.357. The van der Waals surface area contributed by atoms with Gasteiger partial charge in [-0.3, -0.25) is 9.78 Å². The molecular formula is C42H47IrN2O3-. The molecule has 253 valence electrons. The molecule has 4 aromatic carbocycles. The number of hydrogen-bond donors (Lipinski definition) is 1. The van der Waals surface area contributed by atoms with Crippen LogP contribution < -0.4 is 0 Å². The number of benzene rings is 4. The third-order valence-corrected chi connectivity index (χ3v) is 10.5. The molecule has 0 aliphatic rings. The van der Waals surface area contributed by atoms with Gasteiger partial charge in [0.1, 0.15) is 17.7 Å². The first kappa shape index (κ1) is 37.0. The SMILES string of the molecule is CC(C)c1cccc2ccc3c(-c4[c-]ccc5c4oc4ccccc45)ncnc3c12.CCC(C)(CC)C(=O)/C=C(\O)C(C)(CC)CC.[Ir]. The molecule has 0 fully saturated rings. The molecule has 0 saturated carbocycles. The second-order valence-corrected chi connectivity index (χ2v) is 13.4. The second kappa shape index (κ2) is 15.1. The minimum atomic E-state index is -0.337. The van der Waals surface area contributed by atoms with Crippen LogP contribution in [-0.2, 0) is 24.9 Å². The van der Waals surface area contributed by atoms with Gasteiger partial charge >= 0.3 is 0 Å². The van der Waals surface area contributed by atoms with Crippen LogP contribution in [0.15, 0.2) is 89.3 Å². The number of aliphatic hydroxyl groups is 1. The Labute approximate surface area is 298 Å². The summed E-state index contributed by atoms with van der Waals surface area (Å²) >= 11 is 0. The van der Waals surface area contributed by atoms with Gasteiger partial charge in [-0.15, -0.1) is 18.2 Å². The van der Waals surface area contributed by atoms with Crippen LogP contribution in [0.25, 0.3) is 54.9 Å². The van der Waals surface area contributed by atoms with Gasteiger partial charge in [-0.1, -0.05) is 115 Å². The van der Waals surface area contributed by atoms with Crippen molar-refractivity contribution in [3.8, 4) is 11.3 Å². The van der Waals surface area contributed by atoms with Gasteiger partial charge in [-0.05, 0) is 54.0 Å². The van der Waals surface area contributed by atoms with Crippen LogP contribution in [0.2, 0.25) is 0 Å². The minimum Gasteiger partial charge on any atom is -0.512 e. The third kappa shape index (κ3) is 6.84. The Morgan fingerprint density at radius 3 is 2.21 bits per heavy atom. The summed E-state index contributed by atoms with van der Waals surface area (Å²) in [7, 11) is 0. The third-order valence-electron chi connectivity index (χ3n) is 10.5. The molecule has 6 rings (SSSR count).